The number of ether oxygens (including phenoxy) is 1. The Morgan fingerprint density at radius 2 is 2.00 bits per heavy atom. The minimum atomic E-state index is -2.79. The van der Waals surface area contributed by atoms with Gasteiger partial charge in [0.25, 0.3) is 0 Å². The van der Waals surface area contributed by atoms with E-state index in [0.717, 1.165) is 5.69 Å². The summed E-state index contributed by atoms with van der Waals surface area (Å²) in [4.78, 5) is 0. The molecule has 0 heterocycles. The van der Waals surface area contributed by atoms with E-state index in [0.29, 0.717) is 13.0 Å². The second-order valence-corrected chi connectivity index (χ2v) is 2.78. The minimum Gasteiger partial charge on any atom is -0.435 e. The molecule has 1 rings (SSSR count). The maximum atomic E-state index is 11.8. The first kappa shape index (κ1) is 11.3. The highest BCUT2D eigenvalue weighted by atomic mass is 19.3. The predicted octanol–water partition coefficient (Wildman–Crippen LogP) is 2.72. The molecule has 1 N–H and O–H groups in total. The number of hydrogen-bond acceptors (Lipinski definition) is 2. The van der Waals surface area contributed by atoms with Crippen LogP contribution in [0.2, 0.25) is 0 Å². The molecule has 0 atom stereocenters. The molecule has 0 fully saturated rings. The summed E-state index contributed by atoms with van der Waals surface area (Å²) in [6.07, 6.45) is 5.70. The molecule has 0 spiro atoms. The van der Waals surface area contributed by atoms with Crippen molar-refractivity contribution < 1.29 is 13.5 Å². The van der Waals surface area contributed by atoms with Crippen LogP contribution in [0.5, 0.6) is 5.75 Å². The maximum Gasteiger partial charge on any atom is 0.387 e. The van der Waals surface area contributed by atoms with Gasteiger partial charge in [-0.05, 0) is 24.3 Å². The van der Waals surface area contributed by atoms with Gasteiger partial charge in [0.05, 0.1) is 0 Å². The number of nitrogens with one attached hydrogen (secondary N) is 1. The van der Waals surface area contributed by atoms with Crippen molar-refractivity contribution >= 4 is 5.69 Å². The van der Waals surface area contributed by atoms with E-state index in [4.69, 9.17) is 6.42 Å². The average molecular weight is 211 g/mol. The summed E-state index contributed by atoms with van der Waals surface area (Å²) in [5.74, 6) is 2.63. The molecule has 4 heteroatoms. The topological polar surface area (TPSA) is 21.3 Å². The van der Waals surface area contributed by atoms with Crippen molar-refractivity contribution in [2.45, 2.75) is 13.0 Å². The van der Waals surface area contributed by atoms with Crippen LogP contribution in [-0.2, 0) is 0 Å². The smallest absolute Gasteiger partial charge is 0.387 e. The number of benzene rings is 1. The zero-order valence-corrected chi connectivity index (χ0v) is 8.04. The van der Waals surface area contributed by atoms with Crippen molar-refractivity contribution in [2.24, 2.45) is 0 Å². The predicted molar refractivity (Wildman–Crippen MR) is 55.0 cm³/mol. The number of hydrogen-bond donors (Lipinski definition) is 1. The Balaban J connectivity index is 2.46. The molecule has 0 bridgehead atoms. The molecule has 0 aromatic heterocycles. The van der Waals surface area contributed by atoms with Gasteiger partial charge in [0.15, 0.2) is 0 Å². The number of rotatable bonds is 5. The van der Waals surface area contributed by atoms with Crippen molar-refractivity contribution in [1.29, 1.82) is 0 Å². The Kier molecular flexibility index (Phi) is 4.42. The van der Waals surface area contributed by atoms with Gasteiger partial charge in [-0.3, -0.25) is 0 Å². The highest BCUT2D eigenvalue weighted by Crippen LogP contribution is 2.17. The SMILES string of the molecule is C#CCCNc1ccc(OC(F)F)cc1. The standard InChI is InChI=1S/C11H11F2NO/c1-2-3-8-14-9-4-6-10(7-5-9)15-11(12)13/h1,4-7,11,14H,3,8H2. The molecule has 2 nitrogen and oxygen atoms in total. The largest absolute Gasteiger partial charge is 0.435 e. The van der Waals surface area contributed by atoms with Crippen LogP contribution in [0.25, 0.3) is 0 Å². The first-order chi connectivity index (χ1) is 7.22. The summed E-state index contributed by atoms with van der Waals surface area (Å²) < 4.78 is 27.8. The lowest BCUT2D eigenvalue weighted by Crippen LogP contribution is -2.03. The van der Waals surface area contributed by atoms with E-state index < -0.39 is 6.61 Å². The summed E-state index contributed by atoms with van der Waals surface area (Å²) in [6, 6.07) is 6.27. The lowest BCUT2D eigenvalue weighted by atomic mass is 10.3. The van der Waals surface area contributed by atoms with Crippen LogP contribution >= 0.6 is 0 Å². The Morgan fingerprint density at radius 1 is 1.33 bits per heavy atom. The van der Waals surface area contributed by atoms with Gasteiger partial charge in [0.2, 0.25) is 0 Å². The van der Waals surface area contributed by atoms with Crippen LogP contribution in [0.3, 0.4) is 0 Å². The van der Waals surface area contributed by atoms with Crippen LogP contribution in [-0.4, -0.2) is 13.2 Å². The van der Waals surface area contributed by atoms with Gasteiger partial charge >= 0.3 is 6.61 Å². The summed E-state index contributed by atoms with van der Waals surface area (Å²) in [5, 5.41) is 3.04. The van der Waals surface area contributed by atoms with Gasteiger partial charge in [0, 0.05) is 18.7 Å². The van der Waals surface area contributed by atoms with Crippen molar-refractivity contribution in [3.05, 3.63) is 24.3 Å². The molecule has 80 valence electrons. The van der Waals surface area contributed by atoms with E-state index in [1.165, 1.54) is 12.1 Å². The van der Waals surface area contributed by atoms with Gasteiger partial charge < -0.3 is 10.1 Å². The second-order valence-electron chi connectivity index (χ2n) is 2.78. The van der Waals surface area contributed by atoms with Crippen LogP contribution in [0, 0.1) is 12.3 Å². The van der Waals surface area contributed by atoms with Gasteiger partial charge in [-0.2, -0.15) is 8.78 Å². The average Bonchev–Trinajstić information content (AvgIpc) is 2.20. The number of halogens is 2. The molecule has 15 heavy (non-hydrogen) atoms. The highest BCUT2D eigenvalue weighted by molar-refractivity contribution is 5.46. The molecule has 0 saturated carbocycles. The van der Waals surface area contributed by atoms with E-state index in [2.05, 4.69) is 16.0 Å². The molecule has 1 aromatic rings. The maximum absolute atomic E-state index is 11.8. The molecule has 0 unspecified atom stereocenters. The second kappa shape index (κ2) is 5.86. The monoisotopic (exact) mass is 211 g/mol. The lowest BCUT2D eigenvalue weighted by Gasteiger charge is -2.06. The van der Waals surface area contributed by atoms with Crippen LogP contribution in [0.1, 0.15) is 6.42 Å². The van der Waals surface area contributed by atoms with Crippen molar-refractivity contribution in [1.82, 2.24) is 0 Å². The van der Waals surface area contributed by atoms with E-state index in [9.17, 15) is 8.78 Å². The highest BCUT2D eigenvalue weighted by Gasteiger charge is 2.02. The van der Waals surface area contributed by atoms with Crippen molar-refractivity contribution in [3.63, 3.8) is 0 Å². The minimum absolute atomic E-state index is 0.146. The van der Waals surface area contributed by atoms with E-state index in [-0.39, 0.29) is 5.75 Å². The van der Waals surface area contributed by atoms with Gasteiger partial charge in [0.1, 0.15) is 5.75 Å². The normalized spacial score (nSPS) is 9.73. The van der Waals surface area contributed by atoms with Crippen molar-refractivity contribution in [3.8, 4) is 18.1 Å². The van der Waals surface area contributed by atoms with E-state index in [1.54, 1.807) is 12.1 Å². The molecular formula is C11H11F2NO. The summed E-state index contributed by atoms with van der Waals surface area (Å²) in [6.45, 7) is -2.13. The zero-order chi connectivity index (χ0) is 11.1. The quantitative estimate of drug-likeness (QED) is 0.597. The Bertz CT molecular complexity index is 329. The third-order valence-electron chi connectivity index (χ3n) is 1.68. The number of terminal acetylenes is 1. The van der Waals surface area contributed by atoms with E-state index in [1.807, 2.05) is 0 Å². The number of alkyl halides is 2. The van der Waals surface area contributed by atoms with Gasteiger partial charge in [-0.15, -0.1) is 12.3 Å². The van der Waals surface area contributed by atoms with Crippen LogP contribution in [0.4, 0.5) is 14.5 Å². The Morgan fingerprint density at radius 3 is 2.53 bits per heavy atom. The molecule has 0 amide bonds. The summed E-state index contributed by atoms with van der Waals surface area (Å²) >= 11 is 0. The zero-order valence-electron chi connectivity index (χ0n) is 8.04. The molecular weight excluding hydrogens is 200 g/mol. The third-order valence-corrected chi connectivity index (χ3v) is 1.68. The Labute approximate surface area is 87.2 Å². The molecule has 0 aliphatic carbocycles. The molecule has 0 saturated heterocycles. The van der Waals surface area contributed by atoms with Crippen LogP contribution < -0.4 is 10.1 Å². The molecule has 1 aromatic carbocycles. The lowest BCUT2D eigenvalue weighted by molar-refractivity contribution is -0.0498. The molecule has 0 aliphatic rings. The summed E-state index contributed by atoms with van der Waals surface area (Å²) in [5.41, 5.74) is 0.826. The fourth-order valence-corrected chi connectivity index (χ4v) is 1.03. The van der Waals surface area contributed by atoms with E-state index >= 15 is 0 Å². The first-order valence-corrected chi connectivity index (χ1v) is 4.44. The third kappa shape index (κ3) is 4.32. The Hall–Kier alpha value is -1.76. The van der Waals surface area contributed by atoms with Gasteiger partial charge in [-0.25, -0.2) is 0 Å². The number of anilines is 1. The molecule has 0 aliphatic heterocycles. The van der Waals surface area contributed by atoms with Gasteiger partial charge in [-0.1, -0.05) is 0 Å². The van der Waals surface area contributed by atoms with Crippen LogP contribution in [0.15, 0.2) is 24.3 Å². The fourth-order valence-electron chi connectivity index (χ4n) is 1.03. The fraction of sp³-hybridized carbons (Fsp3) is 0.273. The molecule has 0 radical (unpaired) electrons. The van der Waals surface area contributed by atoms with Crippen molar-refractivity contribution in [2.75, 3.05) is 11.9 Å². The first-order valence-electron chi connectivity index (χ1n) is 4.44. The summed E-state index contributed by atoms with van der Waals surface area (Å²) in [7, 11) is 0.